The van der Waals surface area contributed by atoms with Crippen LogP contribution in [0.4, 0.5) is 14.5 Å². The maximum absolute atomic E-state index is 14.1. The number of carbonyl (C=O) groups excluding carboxylic acids is 1. The van der Waals surface area contributed by atoms with Gasteiger partial charge in [-0.15, -0.1) is 0 Å². The Hall–Kier alpha value is -3.06. The molecule has 0 spiro atoms. The first-order chi connectivity index (χ1) is 12.1. The first kappa shape index (κ1) is 16.8. The molecule has 0 fully saturated rings. The van der Waals surface area contributed by atoms with E-state index < -0.39 is 5.82 Å². The zero-order valence-corrected chi connectivity index (χ0v) is 13.4. The molecule has 2 aromatic carbocycles. The molecular weight excluding hydrogens is 326 g/mol. The van der Waals surface area contributed by atoms with Crippen molar-refractivity contribution in [3.8, 4) is 0 Å². The Kier molecular flexibility index (Phi) is 4.85. The van der Waals surface area contributed by atoms with E-state index in [1.807, 2.05) is 0 Å². The van der Waals surface area contributed by atoms with Gasteiger partial charge >= 0.3 is 0 Å². The molecule has 25 heavy (non-hydrogen) atoms. The summed E-state index contributed by atoms with van der Waals surface area (Å²) >= 11 is 0. The van der Waals surface area contributed by atoms with Crippen molar-refractivity contribution in [2.24, 2.45) is 0 Å². The van der Waals surface area contributed by atoms with E-state index in [9.17, 15) is 13.6 Å². The van der Waals surface area contributed by atoms with Crippen molar-refractivity contribution >= 4 is 34.6 Å². The molecule has 0 unspecified atom stereocenters. The fourth-order valence-electron chi connectivity index (χ4n) is 2.39. The van der Waals surface area contributed by atoms with E-state index in [0.29, 0.717) is 16.6 Å². The van der Waals surface area contributed by atoms with Gasteiger partial charge in [-0.2, -0.15) is 5.10 Å². The lowest BCUT2D eigenvalue weighted by molar-refractivity contribution is -0.115. The Bertz CT molecular complexity index is 932. The molecule has 0 saturated heterocycles. The molecule has 0 radical (unpaired) electrons. The Morgan fingerprint density at radius 3 is 2.68 bits per heavy atom. The standard InChI is InChI=1S/C18H16F2N4O/c1-21-10-18(25)22-17-8-13-15(23-24-16(13)9-14(17)20)7-4-11-2-5-12(19)6-3-11/h2-9,21H,10H2,1H3,(H,22,25)(H,23,24)/b7-4+. The van der Waals surface area contributed by atoms with Gasteiger partial charge in [0.15, 0.2) is 0 Å². The summed E-state index contributed by atoms with van der Waals surface area (Å²) in [5, 5.41) is 12.8. The molecular formula is C18H16F2N4O. The maximum atomic E-state index is 14.1. The van der Waals surface area contributed by atoms with Crippen LogP contribution in [0.3, 0.4) is 0 Å². The molecule has 3 aromatic rings. The SMILES string of the molecule is CNCC(=O)Nc1cc2c(/C=C/c3ccc(F)cc3)n[nH]c2cc1F. The van der Waals surface area contributed by atoms with Gasteiger partial charge < -0.3 is 10.6 Å². The number of hydrogen-bond acceptors (Lipinski definition) is 3. The van der Waals surface area contributed by atoms with Gasteiger partial charge in [-0.05, 0) is 36.9 Å². The monoisotopic (exact) mass is 342 g/mol. The summed E-state index contributed by atoms with van der Waals surface area (Å²) < 4.78 is 27.0. The highest BCUT2D eigenvalue weighted by atomic mass is 19.1. The number of halogens is 2. The summed E-state index contributed by atoms with van der Waals surface area (Å²) in [6.07, 6.45) is 3.51. The van der Waals surface area contributed by atoms with E-state index in [0.717, 1.165) is 5.56 Å². The van der Waals surface area contributed by atoms with Crippen LogP contribution in [0, 0.1) is 11.6 Å². The van der Waals surface area contributed by atoms with Crippen molar-refractivity contribution in [3.05, 3.63) is 59.3 Å². The molecule has 1 aromatic heterocycles. The van der Waals surface area contributed by atoms with Crippen LogP contribution in [0.15, 0.2) is 36.4 Å². The largest absolute Gasteiger partial charge is 0.322 e. The van der Waals surface area contributed by atoms with Crippen LogP contribution in [-0.2, 0) is 4.79 Å². The average molecular weight is 342 g/mol. The lowest BCUT2D eigenvalue weighted by Crippen LogP contribution is -2.25. The molecule has 128 valence electrons. The van der Waals surface area contributed by atoms with Crippen molar-refractivity contribution < 1.29 is 13.6 Å². The number of anilines is 1. The zero-order chi connectivity index (χ0) is 17.8. The highest BCUT2D eigenvalue weighted by Gasteiger charge is 2.11. The molecule has 7 heteroatoms. The third-order valence-corrected chi connectivity index (χ3v) is 3.60. The van der Waals surface area contributed by atoms with E-state index in [1.54, 1.807) is 31.3 Å². The number of aromatic amines is 1. The summed E-state index contributed by atoms with van der Waals surface area (Å²) in [6, 6.07) is 8.84. The van der Waals surface area contributed by atoms with Crippen molar-refractivity contribution in [1.82, 2.24) is 15.5 Å². The molecule has 5 nitrogen and oxygen atoms in total. The van der Waals surface area contributed by atoms with E-state index in [2.05, 4.69) is 20.8 Å². The number of fused-ring (bicyclic) bond motifs is 1. The number of aromatic nitrogens is 2. The number of benzene rings is 2. The fraction of sp³-hybridized carbons (Fsp3) is 0.111. The first-order valence-electron chi connectivity index (χ1n) is 7.62. The first-order valence-corrected chi connectivity index (χ1v) is 7.62. The Morgan fingerprint density at radius 2 is 1.96 bits per heavy atom. The van der Waals surface area contributed by atoms with E-state index in [-0.39, 0.29) is 24.0 Å². The van der Waals surface area contributed by atoms with Gasteiger partial charge in [-0.3, -0.25) is 9.89 Å². The number of likely N-dealkylation sites (N-methyl/N-ethyl adjacent to an activating group) is 1. The third kappa shape index (κ3) is 3.89. The number of nitrogens with one attached hydrogen (secondary N) is 3. The molecule has 0 atom stereocenters. The predicted molar refractivity (Wildman–Crippen MR) is 93.9 cm³/mol. The average Bonchev–Trinajstić information content (AvgIpc) is 2.97. The lowest BCUT2D eigenvalue weighted by Gasteiger charge is -2.06. The minimum absolute atomic E-state index is 0.0835. The Balaban J connectivity index is 1.91. The van der Waals surface area contributed by atoms with Crippen molar-refractivity contribution in [2.75, 3.05) is 18.9 Å². The van der Waals surface area contributed by atoms with E-state index >= 15 is 0 Å². The van der Waals surface area contributed by atoms with Crippen LogP contribution in [0.1, 0.15) is 11.3 Å². The fourth-order valence-corrected chi connectivity index (χ4v) is 2.39. The minimum Gasteiger partial charge on any atom is -0.322 e. The van der Waals surface area contributed by atoms with Gasteiger partial charge in [-0.1, -0.05) is 18.2 Å². The number of rotatable bonds is 5. The Morgan fingerprint density at radius 1 is 1.20 bits per heavy atom. The second-order valence-electron chi connectivity index (χ2n) is 5.45. The van der Waals surface area contributed by atoms with Crippen molar-refractivity contribution in [3.63, 3.8) is 0 Å². The highest BCUT2D eigenvalue weighted by molar-refractivity contribution is 5.97. The van der Waals surface area contributed by atoms with Gasteiger partial charge in [0, 0.05) is 11.5 Å². The molecule has 1 heterocycles. The van der Waals surface area contributed by atoms with Gasteiger partial charge in [0.25, 0.3) is 0 Å². The number of nitrogens with zero attached hydrogens (tertiary/aromatic N) is 1. The number of carbonyl (C=O) groups is 1. The minimum atomic E-state index is -0.547. The van der Waals surface area contributed by atoms with E-state index in [1.165, 1.54) is 24.3 Å². The topological polar surface area (TPSA) is 69.8 Å². The normalized spacial score (nSPS) is 11.3. The lowest BCUT2D eigenvalue weighted by atomic mass is 10.1. The molecule has 3 rings (SSSR count). The van der Waals surface area contributed by atoms with Crippen molar-refractivity contribution in [1.29, 1.82) is 0 Å². The molecule has 0 aliphatic rings. The molecule has 0 aliphatic carbocycles. The van der Waals surface area contributed by atoms with Crippen LogP contribution in [0.2, 0.25) is 0 Å². The van der Waals surface area contributed by atoms with Crippen LogP contribution in [0.5, 0.6) is 0 Å². The summed E-state index contributed by atoms with van der Waals surface area (Å²) in [7, 11) is 1.63. The second kappa shape index (κ2) is 7.23. The van der Waals surface area contributed by atoms with Crippen LogP contribution < -0.4 is 10.6 Å². The molecule has 1 amide bonds. The van der Waals surface area contributed by atoms with Gasteiger partial charge in [0.1, 0.15) is 11.6 Å². The quantitative estimate of drug-likeness (QED) is 0.667. The second-order valence-corrected chi connectivity index (χ2v) is 5.45. The molecule has 0 saturated carbocycles. The summed E-state index contributed by atoms with van der Waals surface area (Å²) in [5.74, 6) is -1.19. The number of amides is 1. The molecule has 0 aliphatic heterocycles. The van der Waals surface area contributed by atoms with Gasteiger partial charge in [0.05, 0.1) is 23.4 Å². The molecule has 0 bridgehead atoms. The Labute approximate surface area is 142 Å². The number of hydrogen-bond donors (Lipinski definition) is 3. The predicted octanol–water partition coefficient (Wildman–Crippen LogP) is 3.17. The van der Waals surface area contributed by atoms with Crippen LogP contribution in [-0.4, -0.2) is 29.7 Å². The van der Waals surface area contributed by atoms with Crippen LogP contribution >= 0.6 is 0 Å². The smallest absolute Gasteiger partial charge is 0.238 e. The maximum Gasteiger partial charge on any atom is 0.238 e. The zero-order valence-electron chi connectivity index (χ0n) is 13.4. The van der Waals surface area contributed by atoms with Gasteiger partial charge in [0.2, 0.25) is 5.91 Å². The molecule has 3 N–H and O–H groups in total. The summed E-state index contributed by atoms with van der Waals surface area (Å²) in [6.45, 7) is 0.0835. The van der Waals surface area contributed by atoms with Crippen LogP contribution in [0.25, 0.3) is 23.1 Å². The van der Waals surface area contributed by atoms with E-state index in [4.69, 9.17) is 0 Å². The van der Waals surface area contributed by atoms with Gasteiger partial charge in [-0.25, -0.2) is 8.78 Å². The summed E-state index contributed by atoms with van der Waals surface area (Å²) in [4.78, 5) is 11.7. The number of H-pyrrole nitrogens is 1. The van der Waals surface area contributed by atoms with Crippen molar-refractivity contribution in [2.45, 2.75) is 0 Å². The highest BCUT2D eigenvalue weighted by Crippen LogP contribution is 2.25. The summed E-state index contributed by atoms with van der Waals surface area (Å²) in [5.41, 5.74) is 2.00. The third-order valence-electron chi connectivity index (χ3n) is 3.60.